The fourth-order valence-corrected chi connectivity index (χ4v) is 3.72. The largest absolute Gasteiger partial charge is 0.480 e. The lowest BCUT2D eigenvalue weighted by Crippen LogP contribution is -2.51. The molecular weight excluding hydrogens is 406 g/mol. The second-order valence-electron chi connectivity index (χ2n) is 6.54. The number of H-pyrrole nitrogens is 1. The van der Waals surface area contributed by atoms with Crippen LogP contribution in [0.3, 0.4) is 0 Å². The Hall–Kier alpha value is -1.93. The maximum Gasteiger partial charge on any atom is 0.403 e. The number of carboxylic acids is 1. The molecule has 1 aliphatic heterocycles. The van der Waals surface area contributed by atoms with Crippen LogP contribution in [-0.4, -0.2) is 65.9 Å². The fraction of sp³-hybridized carbons (Fsp3) is 0.615. The van der Waals surface area contributed by atoms with Crippen LogP contribution in [0.5, 0.6) is 0 Å². The number of nitrogens with one attached hydrogen (secondary N) is 3. The van der Waals surface area contributed by atoms with Gasteiger partial charge in [0, 0.05) is 12.3 Å². The average molecular weight is 426 g/mol. The molecule has 0 amide bonds. The molecule has 15 heteroatoms. The molecule has 1 saturated heterocycles. The van der Waals surface area contributed by atoms with E-state index in [1.807, 2.05) is 4.98 Å². The lowest BCUT2D eigenvalue weighted by Gasteiger charge is -2.29. The normalized spacial score (nSPS) is 33.4. The van der Waals surface area contributed by atoms with Crippen LogP contribution in [0.25, 0.3) is 0 Å². The summed E-state index contributed by atoms with van der Waals surface area (Å²) in [6, 6.07) is -0.567. The highest BCUT2D eigenvalue weighted by atomic mass is 31.2. The van der Waals surface area contributed by atoms with Gasteiger partial charge in [0.1, 0.15) is 30.5 Å². The molecular formula is C13H20FN4O9P. The molecule has 6 atom stereocenters. The number of rotatable bonds is 7. The van der Waals surface area contributed by atoms with Gasteiger partial charge >= 0.3 is 19.4 Å². The van der Waals surface area contributed by atoms with Gasteiger partial charge < -0.3 is 20.2 Å². The Morgan fingerprint density at radius 2 is 2.14 bits per heavy atom. The van der Waals surface area contributed by atoms with Crippen molar-refractivity contribution in [2.24, 2.45) is 0 Å². The first-order valence-corrected chi connectivity index (χ1v) is 9.44. The zero-order chi connectivity index (χ0) is 21.5. The zero-order valence-electron chi connectivity index (χ0n) is 14.7. The maximum atomic E-state index is 15.2. The average Bonchev–Trinajstić information content (AvgIpc) is 2.74. The Morgan fingerprint density at radius 3 is 2.68 bits per heavy atom. The number of aromatic amines is 1. The summed E-state index contributed by atoms with van der Waals surface area (Å²) in [5, 5.41) is 33.2. The van der Waals surface area contributed by atoms with Gasteiger partial charge in [-0.25, -0.2) is 18.8 Å². The minimum absolute atomic E-state index is 0.717. The SMILES string of the molecule is CC(NP(=O)(O)OC[C@@]1(F)N[C@@H](n2ccc(=O)[nH]c2=O)[C@](C)(O)[C@@H]1O)C(=O)O. The van der Waals surface area contributed by atoms with Crippen molar-refractivity contribution in [3.63, 3.8) is 0 Å². The molecule has 158 valence electrons. The van der Waals surface area contributed by atoms with Crippen LogP contribution in [-0.2, 0) is 13.9 Å². The number of nitrogens with zero attached hydrogens (tertiary/aromatic N) is 1. The van der Waals surface area contributed by atoms with E-state index in [-0.39, 0.29) is 0 Å². The zero-order valence-corrected chi connectivity index (χ0v) is 15.6. The number of aliphatic carboxylic acids is 1. The van der Waals surface area contributed by atoms with Crippen molar-refractivity contribution in [1.82, 2.24) is 20.0 Å². The molecule has 0 bridgehead atoms. The van der Waals surface area contributed by atoms with Crippen molar-refractivity contribution >= 4 is 13.7 Å². The minimum atomic E-state index is -4.79. The minimum Gasteiger partial charge on any atom is -0.480 e. The molecule has 1 fully saturated rings. The predicted molar refractivity (Wildman–Crippen MR) is 90.0 cm³/mol. The quantitative estimate of drug-likeness (QED) is 0.181. The van der Waals surface area contributed by atoms with E-state index in [9.17, 15) is 34.1 Å². The van der Waals surface area contributed by atoms with Crippen LogP contribution in [0.2, 0.25) is 0 Å². The Bertz CT molecular complexity index is 918. The molecule has 0 radical (unpaired) electrons. The molecule has 0 aromatic carbocycles. The van der Waals surface area contributed by atoms with Crippen LogP contribution in [0.1, 0.15) is 20.0 Å². The van der Waals surface area contributed by atoms with Crippen molar-refractivity contribution in [1.29, 1.82) is 0 Å². The predicted octanol–water partition coefficient (Wildman–Crippen LogP) is -2.40. The van der Waals surface area contributed by atoms with E-state index < -0.39 is 61.3 Å². The number of aliphatic hydroxyl groups is 2. The second kappa shape index (κ2) is 7.48. The van der Waals surface area contributed by atoms with Gasteiger partial charge in [0.05, 0.1) is 0 Å². The topological polar surface area (TPSA) is 203 Å². The van der Waals surface area contributed by atoms with E-state index in [1.165, 1.54) is 0 Å². The third-order valence-electron chi connectivity index (χ3n) is 4.22. The Morgan fingerprint density at radius 1 is 1.54 bits per heavy atom. The second-order valence-corrected chi connectivity index (χ2v) is 8.10. The number of alkyl halides is 1. The number of carboxylic acid groups (broad SMARTS) is 1. The summed E-state index contributed by atoms with van der Waals surface area (Å²) in [6.07, 6.45) is -2.86. The van der Waals surface area contributed by atoms with Crippen molar-refractivity contribution in [3.05, 3.63) is 33.1 Å². The molecule has 13 nitrogen and oxygen atoms in total. The highest BCUT2D eigenvalue weighted by Gasteiger charge is 2.61. The molecule has 0 spiro atoms. The van der Waals surface area contributed by atoms with Gasteiger partial charge in [-0.3, -0.25) is 29.0 Å². The molecule has 1 aliphatic rings. The Labute approximate surface area is 156 Å². The van der Waals surface area contributed by atoms with Crippen molar-refractivity contribution in [2.45, 2.75) is 43.6 Å². The van der Waals surface area contributed by atoms with E-state index in [0.29, 0.717) is 0 Å². The molecule has 2 rings (SSSR count). The summed E-state index contributed by atoms with van der Waals surface area (Å²) in [6.45, 7) is 0.759. The van der Waals surface area contributed by atoms with Crippen LogP contribution in [0.15, 0.2) is 21.9 Å². The van der Waals surface area contributed by atoms with Gasteiger partial charge in [-0.15, -0.1) is 0 Å². The molecule has 28 heavy (non-hydrogen) atoms. The molecule has 7 N–H and O–H groups in total. The first-order chi connectivity index (χ1) is 12.7. The lowest BCUT2D eigenvalue weighted by molar-refractivity contribution is -0.138. The summed E-state index contributed by atoms with van der Waals surface area (Å²) < 4.78 is 32.3. The summed E-state index contributed by atoms with van der Waals surface area (Å²) >= 11 is 0. The van der Waals surface area contributed by atoms with Crippen molar-refractivity contribution in [2.75, 3.05) is 6.61 Å². The van der Waals surface area contributed by atoms with E-state index in [1.54, 1.807) is 5.09 Å². The van der Waals surface area contributed by atoms with Gasteiger partial charge in [0.15, 0.2) is 0 Å². The maximum absolute atomic E-state index is 15.2. The van der Waals surface area contributed by atoms with Crippen LogP contribution in [0, 0.1) is 0 Å². The van der Waals surface area contributed by atoms with Crippen LogP contribution < -0.4 is 21.7 Å². The summed E-state index contributed by atoms with van der Waals surface area (Å²) in [5.41, 5.74) is -4.05. The standard InChI is InChI=1S/C13H20FN4O9P/c1-6(8(20)21)17-28(25,26)27-5-13(14)9(22)12(2,24)10(16-13)18-4-3-7(19)15-11(18)23/h3-4,6,9-10,16,22,24H,5H2,1-2H3,(H,20,21)(H,15,19,23)(H2,17,25,26)/t6?,9-,10-,12+,13+/m0/s1. The summed E-state index contributed by atoms with van der Waals surface area (Å²) in [5.74, 6) is -4.47. The Kier molecular flexibility index (Phi) is 5.97. The number of carbonyl (C=O) groups is 1. The molecule has 1 aromatic heterocycles. The van der Waals surface area contributed by atoms with Gasteiger partial charge in [0.25, 0.3) is 5.56 Å². The van der Waals surface area contributed by atoms with Gasteiger partial charge in [-0.1, -0.05) is 0 Å². The number of aliphatic hydroxyl groups excluding tert-OH is 1. The van der Waals surface area contributed by atoms with Crippen LogP contribution >= 0.6 is 7.75 Å². The third-order valence-corrected chi connectivity index (χ3v) is 5.42. The smallest absolute Gasteiger partial charge is 0.403 e. The van der Waals surface area contributed by atoms with E-state index in [0.717, 1.165) is 30.7 Å². The number of aromatic nitrogens is 2. The van der Waals surface area contributed by atoms with E-state index in [4.69, 9.17) is 5.11 Å². The first-order valence-electron chi connectivity index (χ1n) is 7.86. The molecule has 0 saturated carbocycles. The highest BCUT2D eigenvalue weighted by Crippen LogP contribution is 2.43. The monoisotopic (exact) mass is 426 g/mol. The number of hydrogen-bond donors (Lipinski definition) is 7. The molecule has 1 aromatic rings. The van der Waals surface area contributed by atoms with E-state index in [2.05, 4.69) is 9.84 Å². The van der Waals surface area contributed by atoms with Gasteiger partial charge in [-0.05, 0) is 13.8 Å². The molecule has 2 heterocycles. The number of hydrogen-bond acceptors (Lipinski definition) is 8. The third kappa shape index (κ3) is 4.38. The van der Waals surface area contributed by atoms with E-state index >= 15 is 4.39 Å². The first kappa shape index (κ1) is 22.4. The van der Waals surface area contributed by atoms with Crippen molar-refractivity contribution in [3.8, 4) is 0 Å². The van der Waals surface area contributed by atoms with Gasteiger partial charge in [0.2, 0.25) is 5.79 Å². The van der Waals surface area contributed by atoms with Gasteiger partial charge in [-0.2, -0.15) is 0 Å². The Balaban J connectivity index is 2.23. The summed E-state index contributed by atoms with van der Waals surface area (Å²) in [7, 11) is -4.79. The lowest BCUT2D eigenvalue weighted by atomic mass is 9.95. The fourth-order valence-electron chi connectivity index (χ4n) is 2.69. The molecule has 2 unspecified atom stereocenters. The highest BCUT2D eigenvalue weighted by molar-refractivity contribution is 7.50. The number of halogens is 1. The van der Waals surface area contributed by atoms with Crippen molar-refractivity contribution < 1.29 is 38.5 Å². The molecule has 0 aliphatic carbocycles. The van der Waals surface area contributed by atoms with Crippen LogP contribution in [0.4, 0.5) is 4.39 Å². The summed E-state index contributed by atoms with van der Waals surface area (Å²) in [4.78, 5) is 45.3.